The standard InChI is InChI=1S/C26H31ClN2O4/c1-17(2)24(29(13-7-12-28)23(30)16-32-3)26-21(14-18-8-5-4-6-9-18)25(31)20-11-10-19(27)15-22(20)33-26/h4-6,8-11,15,17,24H,7,12-14,16,28H2,1-3H3. The number of carbonyl (C=O) groups is 1. The number of amides is 1. The number of hydrogen-bond donors (Lipinski definition) is 1. The van der Waals surface area contributed by atoms with Gasteiger partial charge >= 0.3 is 0 Å². The third kappa shape index (κ3) is 5.82. The van der Waals surface area contributed by atoms with Crippen LogP contribution in [0, 0.1) is 5.92 Å². The number of carbonyl (C=O) groups excluding carboxylic acids is 1. The number of methoxy groups -OCH3 is 1. The number of rotatable bonds is 10. The predicted octanol–water partition coefficient (Wildman–Crippen LogP) is 4.56. The molecule has 1 aromatic heterocycles. The van der Waals surface area contributed by atoms with Gasteiger partial charge in [-0.15, -0.1) is 0 Å². The Hall–Kier alpha value is -2.67. The molecule has 0 bridgehead atoms. The maximum absolute atomic E-state index is 13.7. The van der Waals surface area contributed by atoms with Gasteiger partial charge < -0.3 is 19.8 Å². The molecule has 3 rings (SSSR count). The van der Waals surface area contributed by atoms with Gasteiger partial charge in [-0.3, -0.25) is 9.59 Å². The highest BCUT2D eigenvalue weighted by molar-refractivity contribution is 6.31. The number of nitrogens with two attached hydrogens (primary N) is 1. The van der Waals surface area contributed by atoms with E-state index in [9.17, 15) is 9.59 Å². The fourth-order valence-electron chi connectivity index (χ4n) is 4.12. The number of fused-ring (bicyclic) bond motifs is 1. The monoisotopic (exact) mass is 470 g/mol. The molecule has 0 aliphatic carbocycles. The van der Waals surface area contributed by atoms with Gasteiger partial charge in [-0.05, 0) is 36.6 Å². The lowest BCUT2D eigenvalue weighted by molar-refractivity contribution is -0.139. The minimum absolute atomic E-state index is 0.0297. The topological polar surface area (TPSA) is 85.8 Å². The van der Waals surface area contributed by atoms with E-state index in [-0.39, 0.29) is 23.9 Å². The Balaban J connectivity index is 2.25. The second-order valence-electron chi connectivity index (χ2n) is 8.43. The van der Waals surface area contributed by atoms with E-state index in [0.717, 1.165) is 5.56 Å². The summed E-state index contributed by atoms with van der Waals surface area (Å²) in [6.45, 7) is 4.83. The van der Waals surface area contributed by atoms with Crippen LogP contribution in [0.25, 0.3) is 11.0 Å². The predicted molar refractivity (Wildman–Crippen MR) is 132 cm³/mol. The molecule has 7 heteroatoms. The van der Waals surface area contributed by atoms with E-state index in [4.69, 9.17) is 26.5 Å². The summed E-state index contributed by atoms with van der Waals surface area (Å²) in [6, 6.07) is 14.3. The smallest absolute Gasteiger partial charge is 0.249 e. The van der Waals surface area contributed by atoms with Crippen LogP contribution >= 0.6 is 11.6 Å². The fraction of sp³-hybridized carbons (Fsp3) is 0.385. The lowest BCUT2D eigenvalue weighted by Gasteiger charge is -2.34. The zero-order valence-electron chi connectivity index (χ0n) is 19.3. The van der Waals surface area contributed by atoms with E-state index in [1.165, 1.54) is 7.11 Å². The van der Waals surface area contributed by atoms with Gasteiger partial charge in [0.25, 0.3) is 0 Å². The quantitative estimate of drug-likeness (QED) is 0.469. The number of hydrogen-bond acceptors (Lipinski definition) is 5. The summed E-state index contributed by atoms with van der Waals surface area (Å²) in [5, 5.41) is 0.942. The number of benzene rings is 2. The SMILES string of the molecule is COCC(=O)N(CCCN)C(c1oc2cc(Cl)ccc2c(=O)c1Cc1ccccc1)C(C)C. The Kier molecular flexibility index (Phi) is 8.67. The average molecular weight is 471 g/mol. The summed E-state index contributed by atoms with van der Waals surface area (Å²) in [7, 11) is 1.49. The Bertz CT molecular complexity index is 1140. The van der Waals surface area contributed by atoms with Crippen molar-refractivity contribution in [1.29, 1.82) is 0 Å². The molecule has 1 atom stereocenters. The van der Waals surface area contributed by atoms with E-state index in [1.807, 2.05) is 44.2 Å². The van der Waals surface area contributed by atoms with Crippen LogP contribution in [-0.4, -0.2) is 37.6 Å². The second-order valence-corrected chi connectivity index (χ2v) is 8.86. The molecule has 0 aliphatic heterocycles. The third-order valence-corrected chi connectivity index (χ3v) is 5.87. The molecule has 0 radical (unpaired) electrons. The molecule has 0 spiro atoms. The molecular formula is C26H31ClN2O4. The first-order chi connectivity index (χ1) is 15.9. The van der Waals surface area contributed by atoms with Crippen molar-refractivity contribution in [3.05, 3.63) is 80.7 Å². The Morgan fingerprint density at radius 3 is 2.55 bits per heavy atom. The normalized spacial score (nSPS) is 12.3. The summed E-state index contributed by atoms with van der Waals surface area (Å²) in [4.78, 5) is 28.5. The van der Waals surface area contributed by atoms with E-state index in [2.05, 4.69) is 0 Å². The lowest BCUT2D eigenvalue weighted by atomic mass is 9.92. The minimum atomic E-state index is -0.464. The van der Waals surface area contributed by atoms with Crippen LogP contribution in [0.4, 0.5) is 0 Å². The van der Waals surface area contributed by atoms with Crippen molar-refractivity contribution in [2.75, 3.05) is 26.8 Å². The van der Waals surface area contributed by atoms with Crippen molar-refractivity contribution in [3.8, 4) is 0 Å². The molecule has 0 saturated heterocycles. The van der Waals surface area contributed by atoms with Crippen molar-refractivity contribution >= 4 is 28.5 Å². The van der Waals surface area contributed by atoms with E-state index < -0.39 is 6.04 Å². The highest BCUT2D eigenvalue weighted by atomic mass is 35.5. The van der Waals surface area contributed by atoms with Crippen molar-refractivity contribution < 1.29 is 13.9 Å². The summed E-state index contributed by atoms with van der Waals surface area (Å²) in [5.74, 6) is 0.275. The van der Waals surface area contributed by atoms with Crippen LogP contribution in [0.15, 0.2) is 57.7 Å². The zero-order valence-corrected chi connectivity index (χ0v) is 20.1. The Labute approximate surface area is 199 Å². The van der Waals surface area contributed by atoms with Gasteiger partial charge in [0, 0.05) is 36.7 Å². The van der Waals surface area contributed by atoms with Crippen molar-refractivity contribution in [2.45, 2.75) is 32.7 Å². The number of nitrogens with zero attached hydrogens (tertiary/aromatic N) is 1. The van der Waals surface area contributed by atoms with Crippen LogP contribution in [0.3, 0.4) is 0 Å². The lowest BCUT2D eigenvalue weighted by Crippen LogP contribution is -2.41. The van der Waals surface area contributed by atoms with Gasteiger partial charge in [0.1, 0.15) is 18.0 Å². The Morgan fingerprint density at radius 2 is 1.91 bits per heavy atom. The van der Waals surface area contributed by atoms with Gasteiger partial charge in [-0.1, -0.05) is 55.8 Å². The van der Waals surface area contributed by atoms with Crippen LogP contribution in [0.5, 0.6) is 0 Å². The van der Waals surface area contributed by atoms with Gasteiger partial charge in [0.15, 0.2) is 5.43 Å². The first-order valence-electron chi connectivity index (χ1n) is 11.1. The van der Waals surface area contributed by atoms with Crippen molar-refractivity contribution in [3.63, 3.8) is 0 Å². The van der Waals surface area contributed by atoms with E-state index in [1.54, 1.807) is 23.1 Å². The minimum Gasteiger partial charge on any atom is -0.458 e. The molecule has 176 valence electrons. The van der Waals surface area contributed by atoms with Crippen LogP contribution in [0.1, 0.15) is 43.2 Å². The molecule has 2 aromatic carbocycles. The third-order valence-electron chi connectivity index (χ3n) is 5.63. The fourth-order valence-corrected chi connectivity index (χ4v) is 4.28. The van der Waals surface area contributed by atoms with Crippen LogP contribution in [0.2, 0.25) is 5.02 Å². The summed E-state index contributed by atoms with van der Waals surface area (Å²) < 4.78 is 11.5. The molecule has 1 heterocycles. The maximum atomic E-state index is 13.7. The maximum Gasteiger partial charge on any atom is 0.249 e. The molecule has 0 fully saturated rings. The highest BCUT2D eigenvalue weighted by Gasteiger charge is 2.33. The molecular weight excluding hydrogens is 440 g/mol. The molecule has 1 amide bonds. The van der Waals surface area contributed by atoms with Crippen molar-refractivity contribution in [1.82, 2.24) is 4.90 Å². The summed E-state index contributed by atoms with van der Waals surface area (Å²) in [5.41, 5.74) is 7.57. The van der Waals surface area contributed by atoms with Gasteiger partial charge in [0.2, 0.25) is 5.91 Å². The summed E-state index contributed by atoms with van der Waals surface area (Å²) in [6.07, 6.45) is 1.01. The molecule has 2 N–H and O–H groups in total. The molecule has 33 heavy (non-hydrogen) atoms. The molecule has 6 nitrogen and oxygen atoms in total. The van der Waals surface area contributed by atoms with E-state index >= 15 is 0 Å². The molecule has 3 aromatic rings. The largest absolute Gasteiger partial charge is 0.458 e. The van der Waals surface area contributed by atoms with Gasteiger partial charge in [-0.25, -0.2) is 0 Å². The van der Waals surface area contributed by atoms with Crippen LogP contribution in [-0.2, 0) is 16.0 Å². The second kappa shape index (κ2) is 11.5. The van der Waals surface area contributed by atoms with Gasteiger partial charge in [0.05, 0.1) is 11.4 Å². The zero-order chi connectivity index (χ0) is 24.0. The number of ether oxygens (including phenoxy) is 1. The number of halogens is 1. The summed E-state index contributed by atoms with van der Waals surface area (Å²) >= 11 is 6.20. The first kappa shape index (κ1) is 25.0. The van der Waals surface area contributed by atoms with Crippen molar-refractivity contribution in [2.24, 2.45) is 11.7 Å². The van der Waals surface area contributed by atoms with Gasteiger partial charge in [-0.2, -0.15) is 0 Å². The first-order valence-corrected chi connectivity index (χ1v) is 11.5. The molecule has 1 unspecified atom stereocenters. The Morgan fingerprint density at radius 1 is 1.18 bits per heavy atom. The average Bonchev–Trinajstić information content (AvgIpc) is 2.79. The highest BCUT2D eigenvalue weighted by Crippen LogP contribution is 2.34. The van der Waals surface area contributed by atoms with E-state index in [0.29, 0.717) is 53.2 Å². The molecule has 0 aliphatic rings. The van der Waals surface area contributed by atoms with Crippen LogP contribution < -0.4 is 11.2 Å². The molecule has 0 saturated carbocycles.